The summed E-state index contributed by atoms with van der Waals surface area (Å²) in [6.07, 6.45) is -11.8. The molecule has 4 nitrogen and oxygen atoms in total. The molecule has 2 rings (SSSR count). The van der Waals surface area contributed by atoms with E-state index >= 15 is 0 Å². The van der Waals surface area contributed by atoms with Crippen LogP contribution >= 0.6 is 0 Å². The van der Waals surface area contributed by atoms with Crippen molar-refractivity contribution in [3.05, 3.63) is 69.8 Å². The van der Waals surface area contributed by atoms with Crippen molar-refractivity contribution in [3.8, 4) is 0 Å². The number of halogens is 6. The number of aryl methyl sites for hydroxylation is 2. The number of aromatic carboxylic acids is 2. The largest absolute Gasteiger partial charge is 0.478 e. The lowest BCUT2D eigenvalue weighted by atomic mass is 9.71. The maximum absolute atomic E-state index is 14.1. The van der Waals surface area contributed by atoms with Gasteiger partial charge in [0.25, 0.3) is 0 Å². The van der Waals surface area contributed by atoms with Crippen LogP contribution in [0.2, 0.25) is 0 Å². The first-order chi connectivity index (χ1) is 13.1. The fraction of sp³-hybridized carbons (Fsp3) is 0.263. The van der Waals surface area contributed by atoms with Crippen LogP contribution in [-0.2, 0) is 5.41 Å². The third-order valence-corrected chi connectivity index (χ3v) is 4.64. The number of carbonyl (C=O) groups is 2. The summed E-state index contributed by atoms with van der Waals surface area (Å²) in [6.45, 7) is 2.31. The van der Waals surface area contributed by atoms with Crippen molar-refractivity contribution in [2.24, 2.45) is 0 Å². The first kappa shape index (κ1) is 22.3. The third kappa shape index (κ3) is 3.54. The van der Waals surface area contributed by atoms with Crippen LogP contribution < -0.4 is 0 Å². The van der Waals surface area contributed by atoms with E-state index in [0.717, 1.165) is 13.0 Å². The number of hydrogen-bond acceptors (Lipinski definition) is 2. The molecule has 2 aromatic carbocycles. The molecule has 0 aliphatic carbocycles. The predicted molar refractivity (Wildman–Crippen MR) is 89.2 cm³/mol. The van der Waals surface area contributed by atoms with Crippen molar-refractivity contribution in [3.63, 3.8) is 0 Å². The summed E-state index contributed by atoms with van der Waals surface area (Å²) in [7, 11) is 0. The standard InChI is InChI=1S/C19H14F6O4/c1-9-3-4-12(8-14(9)16(28)29)17(18(20,21)22,19(23,24)25)11-5-6-13(15(26)27)10(2)7-11/h3-8H,1-2H3,(H,26,27)(H,28,29). The minimum Gasteiger partial charge on any atom is -0.478 e. The Bertz CT molecular complexity index is 962. The van der Waals surface area contributed by atoms with Crippen molar-refractivity contribution in [1.29, 1.82) is 0 Å². The molecule has 0 unspecified atom stereocenters. The maximum atomic E-state index is 14.1. The molecule has 0 bridgehead atoms. The summed E-state index contributed by atoms with van der Waals surface area (Å²) < 4.78 is 84.5. The Balaban J connectivity index is 2.99. The summed E-state index contributed by atoms with van der Waals surface area (Å²) in [5.74, 6) is -3.19. The number of benzene rings is 2. The van der Waals surface area contributed by atoms with Gasteiger partial charge in [-0.05, 0) is 48.2 Å². The molecule has 0 saturated heterocycles. The highest BCUT2D eigenvalue weighted by Gasteiger charge is 2.72. The molecule has 10 heteroatoms. The van der Waals surface area contributed by atoms with Gasteiger partial charge in [0.05, 0.1) is 11.1 Å². The Hall–Kier alpha value is -3.04. The number of carboxylic acid groups (broad SMARTS) is 2. The second kappa shape index (κ2) is 7.09. The van der Waals surface area contributed by atoms with Gasteiger partial charge in [0.15, 0.2) is 0 Å². The van der Waals surface area contributed by atoms with Crippen molar-refractivity contribution in [2.75, 3.05) is 0 Å². The van der Waals surface area contributed by atoms with Gasteiger partial charge in [0, 0.05) is 0 Å². The Kier molecular flexibility index (Phi) is 5.44. The lowest BCUT2D eigenvalue weighted by Gasteiger charge is -2.38. The summed E-state index contributed by atoms with van der Waals surface area (Å²) in [5.41, 5.74) is -8.64. The van der Waals surface area contributed by atoms with Gasteiger partial charge in [0.2, 0.25) is 5.41 Å². The molecule has 2 N–H and O–H groups in total. The zero-order chi connectivity index (χ0) is 22.4. The van der Waals surface area contributed by atoms with Gasteiger partial charge >= 0.3 is 24.3 Å². The van der Waals surface area contributed by atoms with Crippen LogP contribution in [0.15, 0.2) is 36.4 Å². The zero-order valence-corrected chi connectivity index (χ0v) is 14.9. The Morgan fingerprint density at radius 2 is 1.14 bits per heavy atom. The van der Waals surface area contributed by atoms with Crippen LogP contribution in [0.25, 0.3) is 0 Å². The van der Waals surface area contributed by atoms with Gasteiger partial charge in [-0.3, -0.25) is 0 Å². The van der Waals surface area contributed by atoms with Crippen LogP contribution in [0.1, 0.15) is 43.0 Å². The molecule has 0 amide bonds. The first-order valence-corrected chi connectivity index (χ1v) is 7.97. The second-order valence-electron chi connectivity index (χ2n) is 6.42. The van der Waals surface area contributed by atoms with Crippen LogP contribution in [0.4, 0.5) is 26.3 Å². The fourth-order valence-electron chi connectivity index (χ4n) is 3.20. The summed E-state index contributed by atoms with van der Waals surface area (Å²) in [5, 5.41) is 18.2. The van der Waals surface area contributed by atoms with Gasteiger partial charge in [-0.1, -0.05) is 24.3 Å². The Morgan fingerprint density at radius 3 is 1.55 bits per heavy atom. The average Bonchev–Trinajstić information content (AvgIpc) is 2.53. The fourth-order valence-corrected chi connectivity index (χ4v) is 3.20. The molecule has 0 aliphatic heterocycles. The van der Waals surface area contributed by atoms with Gasteiger partial charge in [-0.2, -0.15) is 26.3 Å². The second-order valence-corrected chi connectivity index (χ2v) is 6.42. The van der Waals surface area contributed by atoms with Gasteiger partial charge in [0.1, 0.15) is 0 Å². The third-order valence-electron chi connectivity index (χ3n) is 4.64. The zero-order valence-electron chi connectivity index (χ0n) is 14.9. The van der Waals surface area contributed by atoms with Crippen LogP contribution in [0, 0.1) is 13.8 Å². The van der Waals surface area contributed by atoms with E-state index in [-0.39, 0.29) is 11.1 Å². The first-order valence-electron chi connectivity index (χ1n) is 7.97. The van der Waals surface area contributed by atoms with Crippen LogP contribution in [-0.4, -0.2) is 34.5 Å². The molecule has 0 saturated carbocycles. The van der Waals surface area contributed by atoms with Crippen molar-refractivity contribution in [2.45, 2.75) is 31.6 Å². The number of rotatable bonds is 4. The van der Waals surface area contributed by atoms with E-state index in [1.807, 2.05) is 0 Å². The molecule has 0 fully saturated rings. The van der Waals surface area contributed by atoms with E-state index in [4.69, 9.17) is 10.2 Å². The van der Waals surface area contributed by atoms with E-state index in [9.17, 15) is 35.9 Å². The Morgan fingerprint density at radius 1 is 0.690 bits per heavy atom. The molecule has 0 aromatic heterocycles. The minimum absolute atomic E-state index is 0.0168. The topological polar surface area (TPSA) is 74.6 Å². The molecule has 0 heterocycles. The maximum Gasteiger partial charge on any atom is 0.411 e. The van der Waals surface area contributed by atoms with Gasteiger partial charge in [-0.25, -0.2) is 9.59 Å². The number of carboxylic acids is 2. The van der Waals surface area contributed by atoms with Gasteiger partial charge < -0.3 is 10.2 Å². The van der Waals surface area contributed by atoms with Crippen molar-refractivity contribution < 1.29 is 46.1 Å². The van der Waals surface area contributed by atoms with E-state index in [2.05, 4.69) is 0 Å². The van der Waals surface area contributed by atoms with Crippen LogP contribution in [0.5, 0.6) is 0 Å². The lowest BCUT2D eigenvalue weighted by Crippen LogP contribution is -2.55. The molecular weight excluding hydrogens is 406 g/mol. The molecule has 29 heavy (non-hydrogen) atoms. The normalized spacial score (nSPS) is 12.7. The van der Waals surface area contributed by atoms with E-state index < -0.39 is 52.0 Å². The highest BCUT2D eigenvalue weighted by atomic mass is 19.4. The van der Waals surface area contributed by atoms with Crippen molar-refractivity contribution in [1.82, 2.24) is 0 Å². The number of alkyl halides is 6. The SMILES string of the molecule is Cc1cc(C(c2ccc(C)c(C(=O)O)c2)(C(F)(F)F)C(F)(F)F)ccc1C(=O)O. The lowest BCUT2D eigenvalue weighted by molar-refractivity contribution is -0.288. The van der Waals surface area contributed by atoms with E-state index in [1.54, 1.807) is 0 Å². The average molecular weight is 420 g/mol. The Labute approximate surface area is 160 Å². The molecule has 156 valence electrons. The van der Waals surface area contributed by atoms with Crippen molar-refractivity contribution >= 4 is 11.9 Å². The molecule has 0 spiro atoms. The van der Waals surface area contributed by atoms with Gasteiger partial charge in [-0.15, -0.1) is 0 Å². The van der Waals surface area contributed by atoms with Crippen LogP contribution in [0.3, 0.4) is 0 Å². The minimum atomic E-state index is -5.91. The highest BCUT2D eigenvalue weighted by Crippen LogP contribution is 2.56. The molecule has 0 atom stereocenters. The highest BCUT2D eigenvalue weighted by molar-refractivity contribution is 5.90. The molecular formula is C19H14F6O4. The molecule has 0 aliphatic rings. The molecule has 0 radical (unpaired) electrons. The molecule has 2 aromatic rings. The summed E-state index contributed by atoms with van der Waals surface area (Å²) in [4.78, 5) is 22.4. The van der Waals surface area contributed by atoms with E-state index in [0.29, 0.717) is 30.3 Å². The summed E-state index contributed by atoms with van der Waals surface area (Å²) in [6, 6.07) is 3.39. The number of hydrogen-bond donors (Lipinski definition) is 2. The smallest absolute Gasteiger partial charge is 0.411 e. The summed E-state index contributed by atoms with van der Waals surface area (Å²) >= 11 is 0. The predicted octanol–water partition coefficient (Wildman–Crippen LogP) is 5.11. The monoisotopic (exact) mass is 420 g/mol. The van der Waals surface area contributed by atoms with E-state index in [1.165, 1.54) is 6.92 Å². The quantitative estimate of drug-likeness (QED) is 0.674.